The second-order valence-corrected chi connectivity index (χ2v) is 4.86. The molecule has 4 nitrogen and oxygen atoms in total. The molecule has 0 aromatic heterocycles. The Kier molecular flexibility index (Phi) is 5.31. The minimum Gasteiger partial charge on any atom is -0.433 e. The van der Waals surface area contributed by atoms with Crippen LogP contribution in [-0.4, -0.2) is 18.5 Å². The van der Waals surface area contributed by atoms with Gasteiger partial charge in [0, 0.05) is 5.56 Å². The van der Waals surface area contributed by atoms with Crippen LogP contribution in [0.1, 0.15) is 25.0 Å². The van der Waals surface area contributed by atoms with Crippen molar-refractivity contribution in [3.63, 3.8) is 0 Å². The Bertz CT molecular complexity index is 675. The summed E-state index contributed by atoms with van der Waals surface area (Å²) >= 11 is 0. The fraction of sp³-hybridized carbons (Fsp3) is 0.222. The third-order valence-electron chi connectivity index (χ3n) is 3.20. The molecule has 0 heterocycles. The number of aryl methyl sites for hydroxylation is 1. The lowest BCUT2D eigenvalue weighted by molar-refractivity contribution is 0.0613. The van der Waals surface area contributed by atoms with E-state index in [9.17, 15) is 4.79 Å². The summed E-state index contributed by atoms with van der Waals surface area (Å²) in [5.74, 6) is 0. The molecule has 0 spiro atoms. The molecule has 114 valence electrons. The molecule has 22 heavy (non-hydrogen) atoms. The van der Waals surface area contributed by atoms with E-state index in [2.05, 4.69) is 41.1 Å². The van der Waals surface area contributed by atoms with E-state index in [1.165, 1.54) is 5.56 Å². The molecule has 4 heteroatoms. The third-order valence-corrected chi connectivity index (χ3v) is 3.20. The predicted molar refractivity (Wildman–Crippen MR) is 86.9 cm³/mol. The van der Waals surface area contributed by atoms with Gasteiger partial charge in [0.1, 0.15) is 0 Å². The lowest BCUT2D eigenvalue weighted by Crippen LogP contribution is -2.06. The van der Waals surface area contributed by atoms with Crippen LogP contribution in [0.15, 0.2) is 53.7 Å². The molecule has 0 aliphatic carbocycles. The Balaban J connectivity index is 2.30. The van der Waals surface area contributed by atoms with Gasteiger partial charge in [-0.1, -0.05) is 59.3 Å². The lowest BCUT2D eigenvalue weighted by Gasteiger charge is -2.09. The van der Waals surface area contributed by atoms with E-state index in [-0.39, 0.29) is 6.61 Å². The van der Waals surface area contributed by atoms with Crippen molar-refractivity contribution in [3.05, 3.63) is 59.7 Å². The molecule has 0 amide bonds. The van der Waals surface area contributed by atoms with Gasteiger partial charge in [0.2, 0.25) is 0 Å². The Morgan fingerprint density at radius 1 is 1.09 bits per heavy atom. The number of carbonyl (C=O) groups is 1. The summed E-state index contributed by atoms with van der Waals surface area (Å²) in [6.07, 6.45) is -0.797. The molecule has 0 unspecified atom stereocenters. The van der Waals surface area contributed by atoms with E-state index >= 15 is 0 Å². The van der Waals surface area contributed by atoms with Crippen molar-refractivity contribution in [2.24, 2.45) is 5.16 Å². The summed E-state index contributed by atoms with van der Waals surface area (Å²) in [5.41, 5.74) is 4.86. The number of nitrogens with zero attached hydrogens (tertiary/aromatic N) is 1. The fourth-order valence-corrected chi connectivity index (χ4v) is 2.08. The van der Waals surface area contributed by atoms with E-state index < -0.39 is 6.16 Å². The van der Waals surface area contributed by atoms with Crippen molar-refractivity contribution in [2.75, 3.05) is 6.61 Å². The highest BCUT2D eigenvalue weighted by molar-refractivity contribution is 6.04. The standard InChI is InChI=1S/C18H19NO3/c1-4-21-18(20)22-19-14(3)16-7-5-6-8-17(16)15-11-9-13(2)10-12-15/h5-12H,4H2,1-3H3/b19-14+. The molecular weight excluding hydrogens is 278 g/mol. The van der Waals surface area contributed by atoms with Gasteiger partial charge in [-0.3, -0.25) is 4.84 Å². The minimum absolute atomic E-state index is 0.257. The van der Waals surface area contributed by atoms with Crippen LogP contribution < -0.4 is 0 Å². The summed E-state index contributed by atoms with van der Waals surface area (Å²) < 4.78 is 4.69. The normalized spacial score (nSPS) is 11.1. The number of hydrogen-bond donors (Lipinski definition) is 0. The van der Waals surface area contributed by atoms with E-state index in [0.29, 0.717) is 5.71 Å². The smallest absolute Gasteiger partial charge is 0.433 e. The van der Waals surface area contributed by atoms with Crippen molar-refractivity contribution in [1.29, 1.82) is 0 Å². The first-order chi connectivity index (χ1) is 10.6. The van der Waals surface area contributed by atoms with Gasteiger partial charge in [-0.2, -0.15) is 0 Å². The molecule has 0 bridgehead atoms. The first-order valence-electron chi connectivity index (χ1n) is 7.16. The van der Waals surface area contributed by atoms with Gasteiger partial charge in [-0.25, -0.2) is 4.79 Å². The molecule has 0 N–H and O–H groups in total. The molecular formula is C18H19NO3. The monoisotopic (exact) mass is 297 g/mol. The third kappa shape index (κ3) is 3.95. The SMILES string of the molecule is CCOC(=O)O/N=C(\C)c1ccccc1-c1ccc(C)cc1. The molecule has 0 atom stereocenters. The maximum absolute atomic E-state index is 11.2. The van der Waals surface area contributed by atoms with Crippen LogP contribution >= 0.6 is 0 Å². The van der Waals surface area contributed by atoms with Crippen LogP contribution in [0.2, 0.25) is 0 Å². The molecule has 0 saturated carbocycles. The highest BCUT2D eigenvalue weighted by atomic mass is 16.8. The van der Waals surface area contributed by atoms with Crippen molar-refractivity contribution in [3.8, 4) is 11.1 Å². The zero-order valence-electron chi connectivity index (χ0n) is 13.0. The highest BCUT2D eigenvalue weighted by Gasteiger charge is 2.09. The van der Waals surface area contributed by atoms with Crippen LogP contribution in [0.4, 0.5) is 4.79 Å². The van der Waals surface area contributed by atoms with Crippen LogP contribution in [0, 0.1) is 6.92 Å². The average molecular weight is 297 g/mol. The Morgan fingerprint density at radius 2 is 1.77 bits per heavy atom. The van der Waals surface area contributed by atoms with Crippen molar-refractivity contribution in [2.45, 2.75) is 20.8 Å². The molecule has 0 saturated heterocycles. The predicted octanol–water partition coefficient (Wildman–Crippen LogP) is 4.56. The number of oxime groups is 1. The van der Waals surface area contributed by atoms with Crippen LogP contribution in [0.5, 0.6) is 0 Å². The largest absolute Gasteiger partial charge is 0.535 e. The van der Waals surface area contributed by atoms with Gasteiger partial charge in [-0.15, -0.1) is 0 Å². The van der Waals surface area contributed by atoms with E-state index in [1.54, 1.807) is 13.8 Å². The van der Waals surface area contributed by atoms with E-state index in [0.717, 1.165) is 16.7 Å². The molecule has 0 aliphatic heterocycles. The summed E-state index contributed by atoms with van der Waals surface area (Å²) in [6, 6.07) is 16.1. The van der Waals surface area contributed by atoms with Crippen LogP contribution in [0.3, 0.4) is 0 Å². The first kappa shape index (κ1) is 15.8. The second kappa shape index (κ2) is 7.41. The van der Waals surface area contributed by atoms with E-state index in [4.69, 9.17) is 4.84 Å². The second-order valence-electron chi connectivity index (χ2n) is 4.86. The van der Waals surface area contributed by atoms with Gasteiger partial charge < -0.3 is 4.74 Å². The van der Waals surface area contributed by atoms with E-state index in [1.807, 2.05) is 24.3 Å². The highest BCUT2D eigenvalue weighted by Crippen LogP contribution is 2.24. The van der Waals surface area contributed by atoms with Gasteiger partial charge in [-0.05, 0) is 31.9 Å². The number of ether oxygens (including phenoxy) is 1. The minimum atomic E-state index is -0.797. The van der Waals surface area contributed by atoms with Crippen molar-refractivity contribution >= 4 is 11.9 Å². The Hall–Kier alpha value is -2.62. The summed E-state index contributed by atoms with van der Waals surface area (Å²) in [7, 11) is 0. The number of hydrogen-bond acceptors (Lipinski definition) is 4. The zero-order valence-corrected chi connectivity index (χ0v) is 13.0. The van der Waals surface area contributed by atoms with Crippen LogP contribution in [-0.2, 0) is 9.57 Å². The van der Waals surface area contributed by atoms with Crippen molar-refractivity contribution in [1.82, 2.24) is 0 Å². The maximum atomic E-state index is 11.2. The molecule has 2 aromatic rings. The van der Waals surface area contributed by atoms with Crippen LogP contribution in [0.25, 0.3) is 11.1 Å². The summed E-state index contributed by atoms with van der Waals surface area (Å²) in [5, 5.41) is 3.86. The maximum Gasteiger partial charge on any atom is 0.535 e. The summed E-state index contributed by atoms with van der Waals surface area (Å²) in [6.45, 7) is 5.82. The number of rotatable bonds is 4. The quantitative estimate of drug-likeness (QED) is 0.360. The topological polar surface area (TPSA) is 47.9 Å². The van der Waals surface area contributed by atoms with Gasteiger partial charge in [0.05, 0.1) is 12.3 Å². The Labute approximate surface area is 130 Å². The number of carbonyl (C=O) groups excluding carboxylic acids is 1. The molecule has 2 rings (SSSR count). The molecule has 0 fully saturated rings. The first-order valence-corrected chi connectivity index (χ1v) is 7.16. The van der Waals surface area contributed by atoms with Gasteiger partial charge in [0.25, 0.3) is 0 Å². The van der Waals surface area contributed by atoms with Crippen molar-refractivity contribution < 1.29 is 14.4 Å². The lowest BCUT2D eigenvalue weighted by atomic mass is 9.96. The van der Waals surface area contributed by atoms with Gasteiger partial charge in [0.15, 0.2) is 0 Å². The Morgan fingerprint density at radius 3 is 2.45 bits per heavy atom. The van der Waals surface area contributed by atoms with Gasteiger partial charge >= 0.3 is 6.16 Å². The average Bonchev–Trinajstić information content (AvgIpc) is 2.54. The molecule has 0 radical (unpaired) electrons. The zero-order chi connectivity index (χ0) is 15.9. The molecule has 2 aromatic carbocycles. The summed E-state index contributed by atoms with van der Waals surface area (Å²) in [4.78, 5) is 16.0. The number of benzene rings is 2. The molecule has 0 aliphatic rings. The fourth-order valence-electron chi connectivity index (χ4n) is 2.08.